The van der Waals surface area contributed by atoms with Gasteiger partial charge in [-0.05, 0) is 30.7 Å². The number of hydrogen-bond donors (Lipinski definition) is 1. The van der Waals surface area contributed by atoms with Crippen LogP contribution in [0.5, 0.6) is 0 Å². The van der Waals surface area contributed by atoms with Crippen molar-refractivity contribution in [3.8, 4) is 0 Å². The fourth-order valence-electron chi connectivity index (χ4n) is 3.32. The van der Waals surface area contributed by atoms with E-state index in [0.29, 0.717) is 23.9 Å². The minimum atomic E-state index is -3.26. The van der Waals surface area contributed by atoms with E-state index in [1.54, 1.807) is 18.3 Å². The third kappa shape index (κ3) is 6.31. The van der Waals surface area contributed by atoms with Crippen LogP contribution in [0.4, 0.5) is 5.95 Å². The molecule has 1 aliphatic carbocycles. The molecule has 0 saturated heterocycles. The van der Waals surface area contributed by atoms with Crippen molar-refractivity contribution in [2.45, 2.75) is 31.2 Å². The molecule has 2 heterocycles. The van der Waals surface area contributed by atoms with E-state index < -0.39 is 9.84 Å². The van der Waals surface area contributed by atoms with Crippen molar-refractivity contribution in [3.63, 3.8) is 0 Å². The maximum absolute atomic E-state index is 12.5. The largest absolute Gasteiger partial charge is 0.360 e. The molecule has 163 valence electrons. The first-order valence-corrected chi connectivity index (χ1v) is 11.4. The molecule has 8 heteroatoms. The standard InChI is InChI=1S/C18H17N3O2S.C4H8N.CH3.Y/c1-13-6-7-16-15(10-13)11-19-18(20-16)21-8-9-24(22,23)17-5-3-2-4-14(17)12-21;5-3-4-1-2-4;;/h2-7,10-11H,8-9,12H2,1H3;1-3,5H2;1H3;/q;2*-1;. The summed E-state index contributed by atoms with van der Waals surface area (Å²) in [6.45, 7) is 3.74. The Balaban J connectivity index is 0.000000432. The van der Waals surface area contributed by atoms with Gasteiger partial charge >= 0.3 is 0 Å². The Labute approximate surface area is 210 Å². The molecule has 0 amide bonds. The zero-order valence-corrected chi connectivity index (χ0v) is 21.7. The summed E-state index contributed by atoms with van der Waals surface area (Å²) in [5, 5.41) is 0.988. The zero-order chi connectivity index (χ0) is 20.4. The Morgan fingerprint density at radius 2 is 1.90 bits per heavy atom. The Kier molecular flexibility index (Phi) is 9.13. The minimum absolute atomic E-state index is 0. The van der Waals surface area contributed by atoms with Crippen molar-refractivity contribution in [2.24, 2.45) is 5.73 Å². The Hall–Kier alpha value is -1.41. The molecular formula is C23H28N4O2SY-2. The minimum Gasteiger partial charge on any atom is -0.360 e. The van der Waals surface area contributed by atoms with Gasteiger partial charge in [-0.25, -0.2) is 31.2 Å². The molecule has 1 saturated carbocycles. The predicted octanol–water partition coefficient (Wildman–Crippen LogP) is 3.49. The summed E-state index contributed by atoms with van der Waals surface area (Å²) in [5.41, 5.74) is 8.02. The van der Waals surface area contributed by atoms with Gasteiger partial charge in [0.2, 0.25) is 5.95 Å². The molecule has 1 fully saturated rings. The van der Waals surface area contributed by atoms with E-state index in [1.807, 2.05) is 42.2 Å². The Morgan fingerprint density at radius 1 is 1.16 bits per heavy atom. The third-order valence-corrected chi connectivity index (χ3v) is 6.98. The van der Waals surface area contributed by atoms with Crippen LogP contribution in [0.25, 0.3) is 10.9 Å². The number of hydrogen-bond acceptors (Lipinski definition) is 6. The van der Waals surface area contributed by atoms with Crippen molar-refractivity contribution in [1.29, 1.82) is 0 Å². The second kappa shape index (κ2) is 10.9. The number of rotatable bonds is 2. The molecule has 2 aromatic carbocycles. The normalized spacial score (nSPS) is 16.6. The first kappa shape index (κ1) is 25.9. The average Bonchev–Trinajstić information content (AvgIpc) is 3.56. The number of fused-ring (bicyclic) bond motifs is 2. The molecule has 1 aromatic heterocycles. The zero-order valence-electron chi connectivity index (χ0n) is 18.1. The maximum atomic E-state index is 12.5. The molecule has 2 N–H and O–H groups in total. The number of benzene rings is 2. The second-order valence-electron chi connectivity index (χ2n) is 7.53. The summed E-state index contributed by atoms with van der Waals surface area (Å²) < 4.78 is 24.9. The van der Waals surface area contributed by atoms with Gasteiger partial charge in [-0.3, -0.25) is 0 Å². The fraction of sp³-hybridized carbons (Fsp3) is 0.304. The number of nitrogens with two attached hydrogens (primary N) is 1. The molecule has 0 bridgehead atoms. The topological polar surface area (TPSA) is 89.2 Å². The fourth-order valence-corrected chi connectivity index (χ4v) is 4.82. The van der Waals surface area contributed by atoms with Crippen molar-refractivity contribution < 1.29 is 41.1 Å². The third-order valence-electron chi connectivity index (χ3n) is 5.20. The molecule has 2 aliphatic rings. The monoisotopic (exact) mass is 513 g/mol. The van der Waals surface area contributed by atoms with Crippen molar-refractivity contribution >= 4 is 26.7 Å². The maximum Gasteiger partial charge on any atom is 0.226 e. The number of anilines is 1. The molecule has 0 atom stereocenters. The number of sulfone groups is 1. The van der Waals surface area contributed by atoms with Gasteiger partial charge in [-0.1, -0.05) is 29.8 Å². The molecule has 1 radical (unpaired) electrons. The van der Waals surface area contributed by atoms with Crippen LogP contribution in [0, 0.1) is 20.3 Å². The van der Waals surface area contributed by atoms with E-state index >= 15 is 0 Å². The van der Waals surface area contributed by atoms with Gasteiger partial charge in [0, 0.05) is 57.4 Å². The summed E-state index contributed by atoms with van der Waals surface area (Å²) in [4.78, 5) is 11.4. The van der Waals surface area contributed by atoms with E-state index in [-0.39, 0.29) is 45.9 Å². The summed E-state index contributed by atoms with van der Waals surface area (Å²) in [6.07, 6.45) is 4.41. The van der Waals surface area contributed by atoms with Gasteiger partial charge in [-0.15, -0.1) is 6.54 Å². The van der Waals surface area contributed by atoms with E-state index in [0.717, 1.165) is 28.6 Å². The number of aromatic nitrogens is 2. The van der Waals surface area contributed by atoms with Crippen LogP contribution in [0.1, 0.15) is 24.0 Å². The van der Waals surface area contributed by atoms with E-state index in [4.69, 9.17) is 5.73 Å². The molecule has 0 spiro atoms. The van der Waals surface area contributed by atoms with Crippen molar-refractivity contribution in [3.05, 3.63) is 73.1 Å². The smallest absolute Gasteiger partial charge is 0.226 e. The summed E-state index contributed by atoms with van der Waals surface area (Å²) >= 11 is 0. The Bertz CT molecular complexity index is 1130. The predicted molar refractivity (Wildman–Crippen MR) is 122 cm³/mol. The molecule has 31 heavy (non-hydrogen) atoms. The average molecular weight is 513 g/mol. The first-order valence-electron chi connectivity index (χ1n) is 9.79. The van der Waals surface area contributed by atoms with E-state index in [2.05, 4.69) is 9.97 Å². The van der Waals surface area contributed by atoms with Gasteiger partial charge < -0.3 is 24.0 Å². The van der Waals surface area contributed by atoms with Gasteiger partial charge in [0.15, 0.2) is 9.84 Å². The quantitative estimate of drug-likeness (QED) is 0.528. The van der Waals surface area contributed by atoms with Crippen molar-refractivity contribution in [2.75, 3.05) is 23.7 Å². The number of aryl methyl sites for hydroxylation is 1. The van der Waals surface area contributed by atoms with Gasteiger partial charge in [-0.2, -0.15) is 0 Å². The first-order chi connectivity index (χ1) is 14.0. The van der Waals surface area contributed by atoms with Crippen LogP contribution in [0.3, 0.4) is 0 Å². The summed E-state index contributed by atoms with van der Waals surface area (Å²) in [7, 11) is -3.26. The van der Waals surface area contributed by atoms with Crippen LogP contribution in [-0.2, 0) is 49.1 Å². The molecule has 1 aliphatic heterocycles. The van der Waals surface area contributed by atoms with Crippen LogP contribution >= 0.6 is 0 Å². The van der Waals surface area contributed by atoms with Crippen LogP contribution in [0.15, 0.2) is 53.6 Å². The molecular weight excluding hydrogens is 485 g/mol. The van der Waals surface area contributed by atoms with Crippen LogP contribution in [-0.4, -0.2) is 37.2 Å². The number of nitrogens with zero attached hydrogens (tertiary/aromatic N) is 3. The van der Waals surface area contributed by atoms with Crippen LogP contribution in [0.2, 0.25) is 0 Å². The molecule has 3 aromatic rings. The molecule has 0 unspecified atom stereocenters. The summed E-state index contributed by atoms with van der Waals surface area (Å²) in [6, 6.07) is 13.2. The van der Waals surface area contributed by atoms with Crippen molar-refractivity contribution in [1.82, 2.24) is 9.97 Å². The Morgan fingerprint density at radius 3 is 2.58 bits per heavy atom. The van der Waals surface area contributed by atoms with Crippen LogP contribution < -0.4 is 10.6 Å². The van der Waals surface area contributed by atoms with E-state index in [9.17, 15) is 8.42 Å². The molecule has 5 rings (SSSR count). The van der Waals surface area contributed by atoms with Gasteiger partial charge in [0.25, 0.3) is 0 Å². The summed E-state index contributed by atoms with van der Waals surface area (Å²) in [5.74, 6) is 2.17. The second-order valence-corrected chi connectivity index (χ2v) is 9.61. The van der Waals surface area contributed by atoms with E-state index in [1.165, 1.54) is 18.8 Å². The SMILES string of the molecule is Cc1ccc2nc(N3CCS(=O)(=O)c4ccccc4C3)ncc2c1.NC[C-]1CC1.[CH3-].[Y]. The molecule has 6 nitrogen and oxygen atoms in total. The van der Waals surface area contributed by atoms with Gasteiger partial charge in [0.05, 0.1) is 16.2 Å². The van der Waals surface area contributed by atoms with Gasteiger partial charge in [0.1, 0.15) is 0 Å².